The zero-order valence-electron chi connectivity index (χ0n) is 14.6. The molecule has 4 aromatic rings. The highest BCUT2D eigenvalue weighted by Crippen LogP contribution is 2.31. The molecule has 0 aliphatic heterocycles. The summed E-state index contributed by atoms with van der Waals surface area (Å²) in [5.74, 6) is -1.70. The van der Waals surface area contributed by atoms with Gasteiger partial charge in [0.1, 0.15) is 11.6 Å². The summed E-state index contributed by atoms with van der Waals surface area (Å²) in [4.78, 5) is 15.4. The Balaban J connectivity index is 1.46. The maximum Gasteiger partial charge on any atom is 0.277 e. The standard InChI is InChI=1S/C19H14F2N4O2S/c1-10(17(26)23-16-7-6-11(20)8-14(16)21)28-19-25-24-18(27-19)13-9-22-15-5-3-2-4-12(13)15/h2-10,22H,1H3,(H,23,26)/t10-/m1/s1. The Hall–Kier alpha value is -3.20. The van der Waals surface area contributed by atoms with Crippen LogP contribution >= 0.6 is 11.8 Å². The molecule has 0 unspecified atom stereocenters. The number of anilines is 1. The fourth-order valence-electron chi connectivity index (χ4n) is 2.64. The Morgan fingerprint density at radius 1 is 1.21 bits per heavy atom. The van der Waals surface area contributed by atoms with Gasteiger partial charge < -0.3 is 14.7 Å². The van der Waals surface area contributed by atoms with E-state index in [1.807, 2.05) is 24.3 Å². The van der Waals surface area contributed by atoms with E-state index in [9.17, 15) is 13.6 Å². The molecule has 0 aliphatic carbocycles. The summed E-state index contributed by atoms with van der Waals surface area (Å²) in [7, 11) is 0. The number of carbonyl (C=O) groups is 1. The molecular formula is C19H14F2N4O2S. The largest absolute Gasteiger partial charge is 0.411 e. The Morgan fingerprint density at radius 2 is 2.04 bits per heavy atom. The fourth-order valence-corrected chi connectivity index (χ4v) is 3.33. The monoisotopic (exact) mass is 400 g/mol. The van der Waals surface area contributed by atoms with Crippen molar-refractivity contribution in [2.24, 2.45) is 0 Å². The number of amides is 1. The predicted molar refractivity (Wildman–Crippen MR) is 102 cm³/mol. The predicted octanol–water partition coefficient (Wildman–Crippen LogP) is 4.62. The van der Waals surface area contributed by atoms with E-state index in [1.165, 1.54) is 6.07 Å². The SMILES string of the molecule is C[C@@H](Sc1nnc(-c2c[nH]c3ccccc23)o1)C(=O)Nc1ccc(F)cc1F. The van der Waals surface area contributed by atoms with Gasteiger partial charge in [0.15, 0.2) is 0 Å². The Bertz CT molecular complexity index is 1160. The number of hydrogen-bond donors (Lipinski definition) is 2. The van der Waals surface area contributed by atoms with Gasteiger partial charge in [0.05, 0.1) is 16.5 Å². The van der Waals surface area contributed by atoms with Gasteiger partial charge in [0, 0.05) is 23.2 Å². The Morgan fingerprint density at radius 3 is 2.86 bits per heavy atom. The third-order valence-corrected chi connectivity index (χ3v) is 5.00. The number of aromatic amines is 1. The number of nitrogens with one attached hydrogen (secondary N) is 2. The quantitative estimate of drug-likeness (QED) is 0.478. The third-order valence-electron chi connectivity index (χ3n) is 4.06. The molecule has 0 saturated carbocycles. The number of halogens is 2. The van der Waals surface area contributed by atoms with Gasteiger partial charge >= 0.3 is 0 Å². The molecule has 0 fully saturated rings. The first-order chi connectivity index (χ1) is 13.5. The highest BCUT2D eigenvalue weighted by atomic mass is 32.2. The number of fused-ring (bicyclic) bond motifs is 1. The summed E-state index contributed by atoms with van der Waals surface area (Å²) < 4.78 is 32.3. The van der Waals surface area contributed by atoms with E-state index in [0.717, 1.165) is 34.3 Å². The highest BCUT2D eigenvalue weighted by Gasteiger charge is 2.21. The van der Waals surface area contributed by atoms with Crippen LogP contribution in [-0.4, -0.2) is 26.3 Å². The topological polar surface area (TPSA) is 83.8 Å². The molecule has 2 heterocycles. The first kappa shape index (κ1) is 18.2. The molecule has 0 aliphatic rings. The number of nitrogens with zero attached hydrogens (tertiary/aromatic N) is 2. The fraction of sp³-hybridized carbons (Fsp3) is 0.105. The molecule has 2 N–H and O–H groups in total. The number of benzene rings is 2. The average Bonchev–Trinajstić information content (AvgIpc) is 3.30. The third kappa shape index (κ3) is 3.61. The number of carbonyl (C=O) groups excluding carboxylic acids is 1. The number of rotatable bonds is 5. The Labute approximate surface area is 162 Å². The number of thioether (sulfide) groups is 1. The van der Waals surface area contributed by atoms with Crippen LogP contribution in [0, 0.1) is 11.6 Å². The number of aromatic nitrogens is 3. The molecule has 2 aromatic carbocycles. The van der Waals surface area contributed by atoms with Crippen LogP contribution in [0.15, 0.2) is 58.3 Å². The van der Waals surface area contributed by atoms with Crippen LogP contribution in [0.1, 0.15) is 6.92 Å². The van der Waals surface area contributed by atoms with Crippen molar-refractivity contribution in [3.63, 3.8) is 0 Å². The summed E-state index contributed by atoms with van der Waals surface area (Å²) in [5, 5.41) is 10.9. The molecule has 9 heteroatoms. The van der Waals surface area contributed by atoms with Gasteiger partial charge in [-0.3, -0.25) is 4.79 Å². The average molecular weight is 400 g/mol. The lowest BCUT2D eigenvalue weighted by molar-refractivity contribution is -0.115. The number of hydrogen-bond acceptors (Lipinski definition) is 5. The normalized spacial score (nSPS) is 12.2. The van der Waals surface area contributed by atoms with E-state index in [1.54, 1.807) is 13.1 Å². The maximum absolute atomic E-state index is 13.7. The number of H-pyrrole nitrogens is 1. The van der Waals surface area contributed by atoms with Crippen molar-refractivity contribution >= 4 is 34.3 Å². The molecule has 0 spiro atoms. The molecule has 2 aromatic heterocycles. The summed E-state index contributed by atoms with van der Waals surface area (Å²) in [5.41, 5.74) is 1.61. The summed E-state index contributed by atoms with van der Waals surface area (Å²) in [6.45, 7) is 1.62. The van der Waals surface area contributed by atoms with Crippen molar-refractivity contribution in [1.29, 1.82) is 0 Å². The highest BCUT2D eigenvalue weighted by molar-refractivity contribution is 8.00. The molecule has 1 amide bonds. The molecule has 142 valence electrons. The minimum absolute atomic E-state index is 0.0936. The van der Waals surface area contributed by atoms with Crippen molar-refractivity contribution in [1.82, 2.24) is 15.2 Å². The van der Waals surface area contributed by atoms with Crippen molar-refractivity contribution < 1.29 is 18.0 Å². The molecular weight excluding hydrogens is 386 g/mol. The lowest BCUT2D eigenvalue weighted by atomic mass is 10.2. The second-order valence-corrected chi connectivity index (χ2v) is 7.29. The smallest absolute Gasteiger partial charge is 0.277 e. The molecule has 0 saturated heterocycles. The maximum atomic E-state index is 13.7. The van der Waals surface area contributed by atoms with Crippen LogP contribution in [0.5, 0.6) is 0 Å². The zero-order chi connectivity index (χ0) is 19.7. The summed E-state index contributed by atoms with van der Waals surface area (Å²) in [6.07, 6.45) is 1.78. The van der Waals surface area contributed by atoms with Gasteiger partial charge in [-0.25, -0.2) is 8.78 Å². The van der Waals surface area contributed by atoms with Crippen molar-refractivity contribution in [2.45, 2.75) is 17.4 Å². The number of para-hydroxylation sites is 1. The lowest BCUT2D eigenvalue weighted by Gasteiger charge is -2.10. The Kier molecular flexibility index (Phi) is 4.82. The minimum Gasteiger partial charge on any atom is -0.411 e. The first-order valence-corrected chi connectivity index (χ1v) is 9.22. The molecule has 0 bridgehead atoms. The van der Waals surface area contributed by atoms with Crippen LogP contribution < -0.4 is 5.32 Å². The van der Waals surface area contributed by atoms with Crippen LogP contribution in [0.2, 0.25) is 0 Å². The van der Waals surface area contributed by atoms with E-state index in [4.69, 9.17) is 4.42 Å². The zero-order valence-corrected chi connectivity index (χ0v) is 15.4. The van der Waals surface area contributed by atoms with Crippen LogP contribution in [0.4, 0.5) is 14.5 Å². The summed E-state index contributed by atoms with van der Waals surface area (Å²) >= 11 is 1.04. The van der Waals surface area contributed by atoms with Crippen LogP contribution in [0.3, 0.4) is 0 Å². The van der Waals surface area contributed by atoms with E-state index in [0.29, 0.717) is 12.0 Å². The van der Waals surface area contributed by atoms with Gasteiger partial charge in [-0.05, 0) is 25.1 Å². The van der Waals surface area contributed by atoms with E-state index in [2.05, 4.69) is 20.5 Å². The minimum atomic E-state index is -0.843. The van der Waals surface area contributed by atoms with Gasteiger partial charge in [0.25, 0.3) is 11.1 Å². The van der Waals surface area contributed by atoms with E-state index in [-0.39, 0.29) is 10.9 Å². The summed E-state index contributed by atoms with van der Waals surface area (Å²) in [6, 6.07) is 10.6. The molecule has 6 nitrogen and oxygen atoms in total. The van der Waals surface area contributed by atoms with E-state index < -0.39 is 22.8 Å². The van der Waals surface area contributed by atoms with Gasteiger partial charge in [0.2, 0.25) is 5.91 Å². The molecule has 1 atom stereocenters. The second-order valence-electron chi connectivity index (χ2n) is 5.99. The molecule has 0 radical (unpaired) electrons. The van der Waals surface area contributed by atoms with Crippen LogP contribution in [-0.2, 0) is 4.79 Å². The van der Waals surface area contributed by atoms with Gasteiger partial charge in [-0.2, -0.15) is 0 Å². The molecule has 4 rings (SSSR count). The van der Waals surface area contributed by atoms with Gasteiger partial charge in [-0.1, -0.05) is 30.0 Å². The first-order valence-electron chi connectivity index (χ1n) is 8.34. The van der Waals surface area contributed by atoms with Crippen molar-refractivity contribution in [2.75, 3.05) is 5.32 Å². The second kappa shape index (κ2) is 7.43. The van der Waals surface area contributed by atoms with E-state index >= 15 is 0 Å². The lowest BCUT2D eigenvalue weighted by Crippen LogP contribution is -2.23. The molecule has 28 heavy (non-hydrogen) atoms. The van der Waals surface area contributed by atoms with Crippen molar-refractivity contribution in [3.8, 4) is 11.5 Å². The van der Waals surface area contributed by atoms with Gasteiger partial charge in [-0.15, -0.1) is 10.2 Å². The van der Waals surface area contributed by atoms with Crippen LogP contribution in [0.25, 0.3) is 22.4 Å². The van der Waals surface area contributed by atoms with Crippen molar-refractivity contribution in [3.05, 3.63) is 60.3 Å².